The van der Waals surface area contributed by atoms with Crippen LogP contribution in [0, 0.1) is 0 Å². The standard InChI is InChI=1S/C30H56O12S/c1-3-4-5-6-7-8-9-10-11-12-13-14-15-16-17-18-19-20-38-22-25(40-24(2)32)23-39-30-28(34)29(42-43(35,36)37)27(33)26(21-31)41-30/h11-12,25-31,33-34H,3-10,13-23H2,1-2H3,(H,35,36,37)/b12-11-. The maximum atomic E-state index is 11.5. The van der Waals surface area contributed by atoms with Gasteiger partial charge in [-0.3, -0.25) is 9.35 Å². The molecular weight excluding hydrogens is 584 g/mol. The first-order valence-electron chi connectivity index (χ1n) is 15.9. The van der Waals surface area contributed by atoms with Gasteiger partial charge in [0.2, 0.25) is 0 Å². The molecule has 0 aromatic carbocycles. The summed E-state index contributed by atoms with van der Waals surface area (Å²) in [6.45, 7) is 2.92. The van der Waals surface area contributed by atoms with Gasteiger partial charge in [0, 0.05) is 13.5 Å². The van der Waals surface area contributed by atoms with E-state index < -0.39 is 59.8 Å². The lowest BCUT2D eigenvalue weighted by Crippen LogP contribution is -2.60. The zero-order valence-corrected chi connectivity index (χ0v) is 26.8. The third kappa shape index (κ3) is 19.8. The highest BCUT2D eigenvalue weighted by molar-refractivity contribution is 7.80. The number of rotatable bonds is 26. The van der Waals surface area contributed by atoms with Crippen LogP contribution < -0.4 is 0 Å². The first kappa shape index (κ1) is 39.9. The van der Waals surface area contributed by atoms with Crippen molar-refractivity contribution in [2.24, 2.45) is 0 Å². The highest BCUT2D eigenvalue weighted by Crippen LogP contribution is 2.25. The van der Waals surface area contributed by atoms with Gasteiger partial charge in [-0.25, -0.2) is 4.18 Å². The number of ether oxygens (including phenoxy) is 4. The lowest BCUT2D eigenvalue weighted by molar-refractivity contribution is -0.301. The molecule has 4 N–H and O–H groups in total. The van der Waals surface area contributed by atoms with Gasteiger partial charge < -0.3 is 34.3 Å². The van der Waals surface area contributed by atoms with Gasteiger partial charge in [-0.2, -0.15) is 8.42 Å². The average molecular weight is 641 g/mol. The van der Waals surface area contributed by atoms with E-state index in [-0.39, 0.29) is 13.2 Å². The number of carbonyl (C=O) groups is 1. The molecule has 43 heavy (non-hydrogen) atoms. The first-order valence-corrected chi connectivity index (χ1v) is 17.2. The minimum absolute atomic E-state index is 0.0184. The van der Waals surface area contributed by atoms with E-state index >= 15 is 0 Å². The highest BCUT2D eigenvalue weighted by atomic mass is 32.3. The van der Waals surface area contributed by atoms with E-state index in [1.807, 2.05) is 0 Å². The zero-order chi connectivity index (χ0) is 31.9. The molecule has 13 heteroatoms. The van der Waals surface area contributed by atoms with Gasteiger partial charge in [-0.15, -0.1) is 0 Å². The van der Waals surface area contributed by atoms with Crippen molar-refractivity contribution in [3.63, 3.8) is 0 Å². The van der Waals surface area contributed by atoms with Crippen molar-refractivity contribution in [2.45, 2.75) is 147 Å². The van der Waals surface area contributed by atoms with E-state index in [2.05, 4.69) is 23.3 Å². The second kappa shape index (κ2) is 24.1. The zero-order valence-electron chi connectivity index (χ0n) is 26.0. The summed E-state index contributed by atoms with van der Waals surface area (Å²) in [6, 6.07) is 0. The first-order chi connectivity index (χ1) is 20.6. The van der Waals surface area contributed by atoms with Gasteiger partial charge in [0.25, 0.3) is 0 Å². The largest absolute Gasteiger partial charge is 0.458 e. The molecule has 0 amide bonds. The molecule has 1 heterocycles. The Balaban J connectivity index is 2.20. The molecule has 0 spiro atoms. The second-order valence-electron chi connectivity index (χ2n) is 11.1. The average Bonchev–Trinajstić information content (AvgIpc) is 2.95. The number of aliphatic hydroxyl groups excluding tert-OH is 3. The van der Waals surface area contributed by atoms with Crippen LogP contribution in [0.2, 0.25) is 0 Å². The van der Waals surface area contributed by atoms with E-state index in [4.69, 9.17) is 23.5 Å². The normalized spacial score (nSPS) is 23.5. The number of carbonyl (C=O) groups excluding carboxylic acids is 1. The fourth-order valence-corrected chi connectivity index (χ4v) is 5.35. The predicted octanol–water partition coefficient (Wildman–Crippen LogP) is 4.01. The third-order valence-corrected chi connectivity index (χ3v) is 7.65. The van der Waals surface area contributed by atoms with Crippen molar-refractivity contribution in [1.29, 1.82) is 0 Å². The van der Waals surface area contributed by atoms with Crippen LogP contribution in [0.4, 0.5) is 0 Å². The Morgan fingerprint density at radius 1 is 0.860 bits per heavy atom. The molecule has 254 valence electrons. The van der Waals surface area contributed by atoms with E-state index in [1.165, 1.54) is 77.6 Å². The fourth-order valence-electron chi connectivity index (χ4n) is 4.84. The number of allylic oxidation sites excluding steroid dienone is 2. The Labute approximate surface area is 258 Å². The Hall–Kier alpha value is -1.16. The molecule has 1 saturated heterocycles. The summed E-state index contributed by atoms with van der Waals surface area (Å²) in [5.74, 6) is -0.578. The fraction of sp³-hybridized carbons (Fsp3) is 0.900. The lowest BCUT2D eigenvalue weighted by atomic mass is 9.99. The molecule has 1 aliphatic heterocycles. The molecular formula is C30H56O12S. The Morgan fingerprint density at radius 2 is 1.42 bits per heavy atom. The molecule has 6 atom stereocenters. The topological polar surface area (TPSA) is 178 Å². The molecule has 1 rings (SSSR count). The molecule has 0 bridgehead atoms. The van der Waals surface area contributed by atoms with Gasteiger partial charge in [0.1, 0.15) is 30.5 Å². The van der Waals surface area contributed by atoms with Crippen LogP contribution in [0.3, 0.4) is 0 Å². The van der Waals surface area contributed by atoms with Crippen LogP contribution in [0.25, 0.3) is 0 Å². The van der Waals surface area contributed by atoms with E-state index in [9.17, 15) is 28.5 Å². The van der Waals surface area contributed by atoms with Crippen LogP contribution in [0.1, 0.15) is 110 Å². The SMILES string of the molecule is CCCCCCCCC/C=C\CCCCCCCCOCC(COC1OC(CO)C(O)C(OS(=O)(=O)O)C1O)OC(C)=O. The molecule has 0 aliphatic carbocycles. The van der Waals surface area contributed by atoms with Crippen molar-refractivity contribution >= 4 is 16.4 Å². The number of hydrogen-bond donors (Lipinski definition) is 4. The minimum Gasteiger partial charge on any atom is -0.458 e. The van der Waals surface area contributed by atoms with Crippen LogP contribution in [-0.2, 0) is 38.3 Å². The lowest BCUT2D eigenvalue weighted by Gasteiger charge is -2.41. The molecule has 6 unspecified atom stereocenters. The number of aliphatic hydroxyl groups is 3. The summed E-state index contributed by atoms with van der Waals surface area (Å²) in [7, 11) is -5.03. The van der Waals surface area contributed by atoms with E-state index in [1.54, 1.807) is 0 Å². The highest BCUT2D eigenvalue weighted by Gasteiger charge is 2.47. The quantitative estimate of drug-likeness (QED) is 0.0463. The van der Waals surface area contributed by atoms with Crippen LogP contribution >= 0.6 is 0 Å². The van der Waals surface area contributed by atoms with E-state index in [0.717, 1.165) is 25.7 Å². The summed E-state index contributed by atoms with van der Waals surface area (Å²) >= 11 is 0. The summed E-state index contributed by atoms with van der Waals surface area (Å²) < 4.78 is 57.1. The Morgan fingerprint density at radius 3 is 1.95 bits per heavy atom. The minimum atomic E-state index is -5.03. The van der Waals surface area contributed by atoms with Gasteiger partial charge in [0.15, 0.2) is 6.29 Å². The van der Waals surface area contributed by atoms with Gasteiger partial charge in [0.05, 0.1) is 19.8 Å². The maximum Gasteiger partial charge on any atom is 0.397 e. The second-order valence-corrected chi connectivity index (χ2v) is 12.2. The van der Waals surface area contributed by atoms with Crippen molar-refractivity contribution in [3.05, 3.63) is 12.2 Å². The monoisotopic (exact) mass is 640 g/mol. The number of esters is 1. The molecule has 12 nitrogen and oxygen atoms in total. The molecule has 0 aromatic heterocycles. The third-order valence-electron chi connectivity index (χ3n) is 7.19. The van der Waals surface area contributed by atoms with Gasteiger partial charge in [-0.05, 0) is 32.1 Å². The number of unbranched alkanes of at least 4 members (excludes halogenated alkanes) is 13. The van der Waals surface area contributed by atoms with Gasteiger partial charge in [-0.1, -0.05) is 83.3 Å². The van der Waals surface area contributed by atoms with Gasteiger partial charge >= 0.3 is 16.4 Å². The summed E-state index contributed by atoms with van der Waals surface area (Å²) in [6.07, 6.45) is 13.7. The Kier molecular flexibility index (Phi) is 22.4. The smallest absolute Gasteiger partial charge is 0.397 e. The molecule has 1 aliphatic rings. The predicted molar refractivity (Wildman–Crippen MR) is 161 cm³/mol. The van der Waals surface area contributed by atoms with Crippen molar-refractivity contribution in [2.75, 3.05) is 26.4 Å². The molecule has 0 radical (unpaired) electrons. The molecule has 0 aromatic rings. The maximum absolute atomic E-state index is 11.5. The van der Waals surface area contributed by atoms with Crippen molar-refractivity contribution < 1.29 is 56.2 Å². The summed E-state index contributed by atoms with van der Waals surface area (Å²) in [5.41, 5.74) is 0. The van der Waals surface area contributed by atoms with Crippen molar-refractivity contribution in [1.82, 2.24) is 0 Å². The molecule has 1 fully saturated rings. The Bertz CT molecular complexity index is 837. The van der Waals surface area contributed by atoms with Crippen LogP contribution in [0.5, 0.6) is 0 Å². The van der Waals surface area contributed by atoms with Crippen LogP contribution in [0.15, 0.2) is 12.2 Å². The van der Waals surface area contributed by atoms with Crippen molar-refractivity contribution in [3.8, 4) is 0 Å². The number of hydrogen-bond acceptors (Lipinski definition) is 11. The van der Waals surface area contributed by atoms with E-state index in [0.29, 0.717) is 6.61 Å². The molecule has 0 saturated carbocycles. The summed E-state index contributed by atoms with van der Waals surface area (Å²) in [4.78, 5) is 11.5. The summed E-state index contributed by atoms with van der Waals surface area (Å²) in [5, 5.41) is 29.9. The van der Waals surface area contributed by atoms with Crippen LogP contribution in [-0.4, -0.2) is 97.5 Å².